The standard InChI is InChI=1S/C18H18N2O7/c1-12-5-3-4-6-15(12)26-11-18(22)27-10-17(21)19-14-8-7-13(20(23)24)9-16(14)25-2/h3-9H,10-11H2,1-2H3,(H,19,21). The molecule has 0 saturated heterocycles. The number of aryl methyl sites for hydroxylation is 1. The van der Waals surface area contributed by atoms with Crippen LogP contribution in [0.3, 0.4) is 0 Å². The van der Waals surface area contributed by atoms with Gasteiger partial charge in [-0.05, 0) is 24.6 Å². The van der Waals surface area contributed by atoms with Crippen LogP contribution in [-0.4, -0.2) is 37.1 Å². The number of carbonyl (C=O) groups excluding carboxylic acids is 2. The Balaban J connectivity index is 1.84. The summed E-state index contributed by atoms with van der Waals surface area (Å²) in [7, 11) is 1.32. The fourth-order valence-electron chi connectivity index (χ4n) is 2.13. The first-order valence-electron chi connectivity index (χ1n) is 7.87. The zero-order valence-electron chi connectivity index (χ0n) is 14.8. The molecule has 1 amide bonds. The molecule has 0 heterocycles. The quantitative estimate of drug-likeness (QED) is 0.428. The molecule has 9 heteroatoms. The number of hydrogen-bond acceptors (Lipinski definition) is 7. The minimum absolute atomic E-state index is 0.117. The molecule has 0 bridgehead atoms. The van der Waals surface area contributed by atoms with E-state index in [-0.39, 0.29) is 23.7 Å². The molecule has 0 unspecified atom stereocenters. The van der Waals surface area contributed by atoms with Crippen molar-refractivity contribution in [3.8, 4) is 11.5 Å². The van der Waals surface area contributed by atoms with Crippen LogP contribution in [0.25, 0.3) is 0 Å². The average molecular weight is 374 g/mol. The van der Waals surface area contributed by atoms with Gasteiger partial charge in [-0.2, -0.15) is 0 Å². The van der Waals surface area contributed by atoms with E-state index in [9.17, 15) is 19.7 Å². The number of anilines is 1. The third-order valence-corrected chi connectivity index (χ3v) is 3.47. The zero-order valence-corrected chi connectivity index (χ0v) is 14.8. The Kier molecular flexibility index (Phi) is 6.70. The van der Waals surface area contributed by atoms with Crippen molar-refractivity contribution >= 4 is 23.3 Å². The Hall–Kier alpha value is -3.62. The highest BCUT2D eigenvalue weighted by Gasteiger charge is 2.15. The van der Waals surface area contributed by atoms with Crippen LogP contribution in [0.4, 0.5) is 11.4 Å². The van der Waals surface area contributed by atoms with Crippen LogP contribution in [0.15, 0.2) is 42.5 Å². The van der Waals surface area contributed by atoms with Crippen LogP contribution >= 0.6 is 0 Å². The summed E-state index contributed by atoms with van der Waals surface area (Å²) in [6.45, 7) is 0.973. The fourth-order valence-corrected chi connectivity index (χ4v) is 2.13. The molecule has 0 atom stereocenters. The van der Waals surface area contributed by atoms with Gasteiger partial charge in [-0.25, -0.2) is 4.79 Å². The maximum absolute atomic E-state index is 11.9. The first kappa shape index (κ1) is 19.7. The lowest BCUT2D eigenvalue weighted by Gasteiger charge is -2.11. The molecule has 0 spiro atoms. The van der Waals surface area contributed by atoms with Gasteiger partial charge in [0, 0.05) is 6.07 Å². The van der Waals surface area contributed by atoms with Crippen molar-refractivity contribution in [1.29, 1.82) is 0 Å². The maximum atomic E-state index is 11.9. The number of hydrogen-bond donors (Lipinski definition) is 1. The number of carbonyl (C=O) groups is 2. The second kappa shape index (κ2) is 9.18. The van der Waals surface area contributed by atoms with Gasteiger partial charge in [-0.15, -0.1) is 0 Å². The number of methoxy groups -OCH3 is 1. The summed E-state index contributed by atoms with van der Waals surface area (Å²) in [4.78, 5) is 33.8. The predicted octanol–water partition coefficient (Wildman–Crippen LogP) is 2.47. The summed E-state index contributed by atoms with van der Waals surface area (Å²) in [6, 6.07) is 10.9. The van der Waals surface area contributed by atoms with E-state index < -0.39 is 23.4 Å². The van der Waals surface area contributed by atoms with Crippen LogP contribution in [0.1, 0.15) is 5.56 Å². The highest BCUT2D eigenvalue weighted by molar-refractivity contribution is 5.94. The molecule has 1 N–H and O–H groups in total. The van der Waals surface area contributed by atoms with Crippen LogP contribution in [0.5, 0.6) is 11.5 Å². The molecule has 0 aliphatic carbocycles. The number of esters is 1. The normalized spacial score (nSPS) is 10.0. The van der Waals surface area contributed by atoms with E-state index in [2.05, 4.69) is 5.32 Å². The summed E-state index contributed by atoms with van der Waals surface area (Å²) in [5, 5.41) is 13.2. The molecule has 2 aromatic carbocycles. The summed E-state index contributed by atoms with van der Waals surface area (Å²) >= 11 is 0. The van der Waals surface area contributed by atoms with Crippen LogP contribution in [-0.2, 0) is 14.3 Å². The maximum Gasteiger partial charge on any atom is 0.344 e. The highest BCUT2D eigenvalue weighted by atomic mass is 16.6. The smallest absolute Gasteiger partial charge is 0.344 e. The number of benzene rings is 2. The molecule has 0 fully saturated rings. The van der Waals surface area contributed by atoms with Crippen LogP contribution < -0.4 is 14.8 Å². The van der Waals surface area contributed by atoms with Gasteiger partial charge in [0.05, 0.1) is 23.8 Å². The SMILES string of the molecule is COc1cc([N+](=O)[O-])ccc1NC(=O)COC(=O)COc1ccccc1C. The van der Waals surface area contributed by atoms with Gasteiger partial charge in [0.25, 0.3) is 11.6 Å². The number of nitro groups is 1. The number of non-ortho nitro benzene ring substituents is 1. The molecule has 0 aromatic heterocycles. The Morgan fingerprint density at radius 2 is 1.85 bits per heavy atom. The minimum atomic E-state index is -0.705. The van der Waals surface area contributed by atoms with E-state index in [0.29, 0.717) is 5.75 Å². The number of amides is 1. The molecule has 0 radical (unpaired) electrons. The molecule has 0 aliphatic heterocycles. The number of nitro benzene ring substituents is 1. The molecule has 0 saturated carbocycles. The number of para-hydroxylation sites is 1. The second-order valence-electron chi connectivity index (χ2n) is 5.40. The average Bonchev–Trinajstić information content (AvgIpc) is 2.65. The fraction of sp³-hybridized carbons (Fsp3) is 0.222. The molecule has 0 aliphatic rings. The van der Waals surface area contributed by atoms with E-state index in [4.69, 9.17) is 14.2 Å². The molecular formula is C18H18N2O7. The molecular weight excluding hydrogens is 356 g/mol. The van der Waals surface area contributed by atoms with Crippen molar-refractivity contribution in [1.82, 2.24) is 0 Å². The summed E-state index contributed by atoms with van der Waals surface area (Å²) in [6.07, 6.45) is 0. The number of rotatable bonds is 8. The van der Waals surface area contributed by atoms with Gasteiger partial charge in [-0.1, -0.05) is 18.2 Å². The zero-order chi connectivity index (χ0) is 19.8. The Bertz CT molecular complexity index is 851. The predicted molar refractivity (Wildman–Crippen MR) is 95.9 cm³/mol. The van der Waals surface area contributed by atoms with Crippen molar-refractivity contribution in [3.05, 3.63) is 58.1 Å². The third kappa shape index (κ3) is 5.70. The van der Waals surface area contributed by atoms with Gasteiger partial charge < -0.3 is 19.5 Å². The van der Waals surface area contributed by atoms with E-state index in [1.54, 1.807) is 12.1 Å². The first-order valence-corrected chi connectivity index (χ1v) is 7.87. The molecule has 2 aromatic rings. The first-order chi connectivity index (χ1) is 12.9. The van der Waals surface area contributed by atoms with E-state index in [0.717, 1.165) is 5.56 Å². The van der Waals surface area contributed by atoms with E-state index in [1.165, 1.54) is 25.3 Å². The lowest BCUT2D eigenvalue weighted by Crippen LogP contribution is -2.24. The minimum Gasteiger partial charge on any atom is -0.494 e. The molecule has 9 nitrogen and oxygen atoms in total. The monoisotopic (exact) mass is 374 g/mol. The van der Waals surface area contributed by atoms with Crippen molar-refractivity contribution < 1.29 is 28.7 Å². The number of nitrogens with zero attached hydrogens (tertiary/aromatic N) is 1. The summed E-state index contributed by atoms with van der Waals surface area (Å²) < 4.78 is 15.2. The van der Waals surface area contributed by atoms with Gasteiger partial charge in [-0.3, -0.25) is 14.9 Å². The van der Waals surface area contributed by atoms with E-state index in [1.807, 2.05) is 19.1 Å². The van der Waals surface area contributed by atoms with Crippen molar-refractivity contribution in [2.24, 2.45) is 0 Å². The highest BCUT2D eigenvalue weighted by Crippen LogP contribution is 2.28. The molecule has 2 rings (SSSR count). The van der Waals surface area contributed by atoms with Gasteiger partial charge in [0.15, 0.2) is 13.2 Å². The second-order valence-corrected chi connectivity index (χ2v) is 5.40. The lowest BCUT2D eigenvalue weighted by atomic mass is 10.2. The third-order valence-electron chi connectivity index (χ3n) is 3.47. The molecule has 27 heavy (non-hydrogen) atoms. The Morgan fingerprint density at radius 1 is 1.11 bits per heavy atom. The van der Waals surface area contributed by atoms with Crippen LogP contribution in [0, 0.1) is 17.0 Å². The van der Waals surface area contributed by atoms with Gasteiger partial charge >= 0.3 is 5.97 Å². The number of ether oxygens (including phenoxy) is 3. The summed E-state index contributed by atoms with van der Waals surface area (Å²) in [5.74, 6) is -0.656. The van der Waals surface area contributed by atoms with Crippen molar-refractivity contribution in [2.75, 3.05) is 25.6 Å². The lowest BCUT2D eigenvalue weighted by molar-refractivity contribution is -0.384. The van der Waals surface area contributed by atoms with Gasteiger partial charge in [0.1, 0.15) is 11.5 Å². The van der Waals surface area contributed by atoms with E-state index >= 15 is 0 Å². The van der Waals surface area contributed by atoms with Crippen molar-refractivity contribution in [3.63, 3.8) is 0 Å². The largest absolute Gasteiger partial charge is 0.494 e. The summed E-state index contributed by atoms with van der Waals surface area (Å²) in [5.41, 5.74) is 0.915. The Morgan fingerprint density at radius 3 is 2.52 bits per heavy atom. The van der Waals surface area contributed by atoms with Crippen molar-refractivity contribution in [2.45, 2.75) is 6.92 Å². The Labute approximate surface area is 155 Å². The van der Waals surface area contributed by atoms with Gasteiger partial charge in [0.2, 0.25) is 0 Å². The topological polar surface area (TPSA) is 117 Å². The number of nitrogens with one attached hydrogen (secondary N) is 1. The molecule has 142 valence electrons. The van der Waals surface area contributed by atoms with Crippen LogP contribution in [0.2, 0.25) is 0 Å².